The molecule has 9 rings (SSSR count). The SMILES string of the molecule is CC1(C)c2cc3ccccc3cc2-c2c(-c3cccc(-c4cc(-c5cnc6ccccc6c5)nc(-c5ccccc5)n4)c3)cccc21. The highest BCUT2D eigenvalue weighted by Gasteiger charge is 2.37. The van der Waals surface area contributed by atoms with Gasteiger partial charge in [0.25, 0.3) is 0 Å². The second-order valence-electron chi connectivity index (χ2n) is 12.9. The van der Waals surface area contributed by atoms with Gasteiger partial charge >= 0.3 is 0 Å². The van der Waals surface area contributed by atoms with Crippen LogP contribution in [0.1, 0.15) is 25.0 Å². The van der Waals surface area contributed by atoms with Crippen molar-refractivity contribution in [2.24, 2.45) is 0 Å². The van der Waals surface area contributed by atoms with Crippen molar-refractivity contribution in [1.29, 1.82) is 0 Å². The second kappa shape index (κ2) is 10.6. The number of fused-ring (bicyclic) bond motifs is 5. The van der Waals surface area contributed by atoms with Crippen molar-refractivity contribution in [2.75, 3.05) is 0 Å². The van der Waals surface area contributed by atoms with E-state index in [0.717, 1.165) is 39.0 Å². The molecule has 0 fully saturated rings. The topological polar surface area (TPSA) is 38.7 Å². The monoisotopic (exact) mass is 601 g/mol. The molecule has 3 nitrogen and oxygen atoms in total. The summed E-state index contributed by atoms with van der Waals surface area (Å²) in [6, 6.07) is 51.7. The maximum absolute atomic E-state index is 5.13. The van der Waals surface area contributed by atoms with Crippen molar-refractivity contribution < 1.29 is 0 Å². The maximum Gasteiger partial charge on any atom is 0.160 e. The van der Waals surface area contributed by atoms with E-state index in [0.29, 0.717) is 5.82 Å². The Balaban J connectivity index is 1.21. The molecule has 47 heavy (non-hydrogen) atoms. The van der Waals surface area contributed by atoms with Crippen molar-refractivity contribution in [3.05, 3.63) is 163 Å². The van der Waals surface area contributed by atoms with E-state index in [1.54, 1.807) is 0 Å². The number of nitrogens with zero attached hydrogens (tertiary/aromatic N) is 3. The molecule has 8 aromatic rings. The third-order valence-electron chi connectivity index (χ3n) is 9.68. The Morgan fingerprint density at radius 2 is 1.11 bits per heavy atom. The smallest absolute Gasteiger partial charge is 0.160 e. The van der Waals surface area contributed by atoms with Gasteiger partial charge in [0.2, 0.25) is 0 Å². The van der Waals surface area contributed by atoms with Crippen LogP contribution in [-0.2, 0) is 5.41 Å². The predicted octanol–water partition coefficient (Wildman–Crippen LogP) is 11.2. The quantitative estimate of drug-likeness (QED) is 0.201. The Labute approximate surface area is 274 Å². The molecule has 0 saturated carbocycles. The highest BCUT2D eigenvalue weighted by atomic mass is 14.9. The van der Waals surface area contributed by atoms with E-state index >= 15 is 0 Å². The lowest BCUT2D eigenvalue weighted by atomic mass is 9.81. The molecule has 0 aliphatic heterocycles. The van der Waals surface area contributed by atoms with Gasteiger partial charge in [0.1, 0.15) is 0 Å². The predicted molar refractivity (Wildman–Crippen MR) is 194 cm³/mol. The standard InChI is InChI=1S/C44H31N3/c1-44(2)37-20-11-19-35(42(37)36-24-29-14-6-7-15-30(29)25-38(36)44)31-17-10-18-33(22-31)40-26-41(47-43(46-40)28-12-4-3-5-13-28)34-23-32-16-8-9-21-39(32)45-27-34/h3-27H,1-2H3. The molecule has 0 bridgehead atoms. The summed E-state index contributed by atoms with van der Waals surface area (Å²) in [5.74, 6) is 0.694. The van der Waals surface area contributed by atoms with E-state index in [-0.39, 0.29) is 5.41 Å². The summed E-state index contributed by atoms with van der Waals surface area (Å²) in [4.78, 5) is 14.9. The van der Waals surface area contributed by atoms with Gasteiger partial charge in [-0.3, -0.25) is 4.98 Å². The molecule has 0 atom stereocenters. The average molecular weight is 602 g/mol. The fourth-order valence-electron chi connectivity index (χ4n) is 7.23. The van der Waals surface area contributed by atoms with Gasteiger partial charge in [-0.15, -0.1) is 0 Å². The van der Waals surface area contributed by atoms with Crippen molar-refractivity contribution >= 4 is 21.7 Å². The summed E-state index contributed by atoms with van der Waals surface area (Å²) in [5, 5.41) is 3.64. The molecule has 0 spiro atoms. The largest absolute Gasteiger partial charge is 0.256 e. The van der Waals surface area contributed by atoms with Gasteiger partial charge in [0.05, 0.1) is 16.9 Å². The summed E-state index contributed by atoms with van der Waals surface area (Å²) in [6.07, 6.45) is 1.91. The van der Waals surface area contributed by atoms with E-state index in [1.165, 1.54) is 44.2 Å². The first-order valence-electron chi connectivity index (χ1n) is 16.1. The molecule has 0 unspecified atom stereocenters. The summed E-state index contributed by atoms with van der Waals surface area (Å²) in [6.45, 7) is 4.70. The Morgan fingerprint density at radius 1 is 0.447 bits per heavy atom. The second-order valence-corrected chi connectivity index (χ2v) is 12.9. The highest BCUT2D eigenvalue weighted by Crippen LogP contribution is 2.53. The number of benzene rings is 6. The molecule has 3 heteroatoms. The van der Waals surface area contributed by atoms with Gasteiger partial charge in [0.15, 0.2) is 5.82 Å². The molecule has 2 aromatic heterocycles. The van der Waals surface area contributed by atoms with Crippen LogP contribution in [0, 0.1) is 0 Å². The molecule has 6 aromatic carbocycles. The van der Waals surface area contributed by atoms with E-state index in [4.69, 9.17) is 15.0 Å². The number of para-hydroxylation sites is 1. The zero-order valence-electron chi connectivity index (χ0n) is 26.3. The third-order valence-corrected chi connectivity index (χ3v) is 9.68. The molecule has 0 N–H and O–H groups in total. The maximum atomic E-state index is 5.13. The average Bonchev–Trinajstić information content (AvgIpc) is 3.36. The lowest BCUT2D eigenvalue weighted by molar-refractivity contribution is 0.661. The van der Waals surface area contributed by atoms with Gasteiger partial charge in [-0.05, 0) is 80.6 Å². The minimum Gasteiger partial charge on any atom is -0.256 e. The molecule has 1 aliphatic carbocycles. The van der Waals surface area contributed by atoms with Crippen molar-refractivity contribution in [3.8, 4) is 56.2 Å². The van der Waals surface area contributed by atoms with Crippen LogP contribution in [0.2, 0.25) is 0 Å². The third kappa shape index (κ3) is 4.54. The molecular formula is C44H31N3. The van der Waals surface area contributed by atoms with Gasteiger partial charge < -0.3 is 0 Å². The van der Waals surface area contributed by atoms with E-state index in [2.05, 4.69) is 123 Å². The first-order chi connectivity index (χ1) is 23.0. The zero-order valence-corrected chi connectivity index (χ0v) is 26.3. The van der Waals surface area contributed by atoms with Gasteiger partial charge in [-0.1, -0.05) is 123 Å². The van der Waals surface area contributed by atoms with Crippen LogP contribution in [0.5, 0.6) is 0 Å². The number of pyridine rings is 1. The fourth-order valence-corrected chi connectivity index (χ4v) is 7.23. The highest BCUT2D eigenvalue weighted by molar-refractivity contribution is 5.99. The van der Waals surface area contributed by atoms with Crippen LogP contribution < -0.4 is 0 Å². The van der Waals surface area contributed by atoms with E-state index in [1.807, 2.05) is 42.6 Å². The Hall–Kier alpha value is -5.93. The van der Waals surface area contributed by atoms with Crippen molar-refractivity contribution in [1.82, 2.24) is 15.0 Å². The first kappa shape index (κ1) is 27.4. The summed E-state index contributed by atoms with van der Waals surface area (Å²) in [7, 11) is 0. The van der Waals surface area contributed by atoms with Gasteiger partial charge in [-0.2, -0.15) is 0 Å². The molecule has 0 amide bonds. The number of aromatic nitrogens is 3. The molecule has 2 heterocycles. The number of hydrogen-bond donors (Lipinski definition) is 0. The van der Waals surface area contributed by atoms with Crippen LogP contribution in [0.25, 0.3) is 77.8 Å². The summed E-state index contributed by atoms with van der Waals surface area (Å²) < 4.78 is 0. The molecule has 1 aliphatic rings. The zero-order chi connectivity index (χ0) is 31.5. The molecule has 0 saturated heterocycles. The van der Waals surface area contributed by atoms with Crippen LogP contribution in [0.4, 0.5) is 0 Å². The lowest BCUT2D eigenvalue weighted by Crippen LogP contribution is -2.14. The summed E-state index contributed by atoms with van der Waals surface area (Å²) in [5.41, 5.74) is 13.4. The summed E-state index contributed by atoms with van der Waals surface area (Å²) >= 11 is 0. The fraction of sp³-hybridized carbons (Fsp3) is 0.0682. The minimum atomic E-state index is -0.0949. The van der Waals surface area contributed by atoms with Gasteiger partial charge in [-0.25, -0.2) is 9.97 Å². The van der Waals surface area contributed by atoms with Crippen LogP contribution in [0.3, 0.4) is 0 Å². The molecular weight excluding hydrogens is 571 g/mol. The molecule has 0 radical (unpaired) electrons. The molecule has 222 valence electrons. The Morgan fingerprint density at radius 3 is 1.94 bits per heavy atom. The van der Waals surface area contributed by atoms with Crippen molar-refractivity contribution in [2.45, 2.75) is 19.3 Å². The van der Waals surface area contributed by atoms with Crippen LogP contribution in [0.15, 0.2) is 152 Å². The van der Waals surface area contributed by atoms with Crippen molar-refractivity contribution in [3.63, 3.8) is 0 Å². The first-order valence-corrected chi connectivity index (χ1v) is 16.1. The number of rotatable bonds is 4. The lowest BCUT2D eigenvalue weighted by Gasteiger charge is -2.22. The number of hydrogen-bond acceptors (Lipinski definition) is 3. The Bertz CT molecular complexity index is 2490. The normalized spacial score (nSPS) is 13.1. The van der Waals surface area contributed by atoms with E-state index in [9.17, 15) is 0 Å². The van der Waals surface area contributed by atoms with Gasteiger partial charge in [0, 0.05) is 33.7 Å². The minimum absolute atomic E-state index is 0.0949. The van der Waals surface area contributed by atoms with Crippen LogP contribution >= 0.6 is 0 Å². The van der Waals surface area contributed by atoms with E-state index < -0.39 is 0 Å². The Kier molecular flexibility index (Phi) is 6.16. The van der Waals surface area contributed by atoms with Crippen LogP contribution in [-0.4, -0.2) is 15.0 Å².